The third-order valence-electron chi connectivity index (χ3n) is 3.27. The van der Waals surface area contributed by atoms with Crippen LogP contribution in [0, 0.1) is 5.92 Å². The normalized spacial score (nSPS) is 24.4. The van der Waals surface area contributed by atoms with Gasteiger partial charge in [0.25, 0.3) is 0 Å². The Morgan fingerprint density at radius 1 is 1.06 bits per heavy atom. The van der Waals surface area contributed by atoms with Gasteiger partial charge in [0.2, 0.25) is 0 Å². The molecule has 0 radical (unpaired) electrons. The van der Waals surface area contributed by atoms with E-state index in [1.807, 2.05) is 0 Å². The van der Waals surface area contributed by atoms with E-state index in [4.69, 9.17) is 9.47 Å². The summed E-state index contributed by atoms with van der Waals surface area (Å²) >= 11 is 0. The third-order valence-corrected chi connectivity index (χ3v) is 3.27. The van der Waals surface area contributed by atoms with Crippen LogP contribution in [0.3, 0.4) is 0 Å². The molecule has 17 heavy (non-hydrogen) atoms. The van der Waals surface area contributed by atoms with Crippen LogP contribution in [0.15, 0.2) is 0 Å². The van der Waals surface area contributed by atoms with Crippen molar-refractivity contribution in [3.63, 3.8) is 0 Å². The molecule has 1 aliphatic heterocycles. The molecule has 0 bridgehead atoms. The van der Waals surface area contributed by atoms with Gasteiger partial charge >= 0.3 is 0 Å². The molecule has 1 fully saturated rings. The van der Waals surface area contributed by atoms with Gasteiger partial charge in [-0.15, -0.1) is 0 Å². The molecule has 2 atom stereocenters. The van der Waals surface area contributed by atoms with Crippen molar-refractivity contribution in [3.8, 4) is 0 Å². The maximum absolute atomic E-state index is 5.88. The van der Waals surface area contributed by atoms with Crippen molar-refractivity contribution in [1.82, 2.24) is 0 Å². The van der Waals surface area contributed by atoms with Crippen molar-refractivity contribution in [2.45, 2.75) is 91.1 Å². The predicted octanol–water partition coefficient (Wildman–Crippen LogP) is 4.52. The van der Waals surface area contributed by atoms with Crippen molar-refractivity contribution in [1.29, 1.82) is 0 Å². The molecule has 2 unspecified atom stereocenters. The van der Waals surface area contributed by atoms with Gasteiger partial charge in [-0.2, -0.15) is 0 Å². The van der Waals surface area contributed by atoms with Crippen LogP contribution in [-0.4, -0.2) is 18.0 Å². The molecule has 1 rings (SSSR count). The van der Waals surface area contributed by atoms with Crippen LogP contribution in [0.1, 0.15) is 73.1 Å². The summed E-state index contributed by atoms with van der Waals surface area (Å²) in [6, 6.07) is 0. The van der Waals surface area contributed by atoms with Gasteiger partial charge in [0.15, 0.2) is 6.29 Å². The minimum atomic E-state index is -0.0838. The number of hydrogen-bond acceptors (Lipinski definition) is 2. The highest BCUT2D eigenvalue weighted by atomic mass is 16.8. The Hall–Kier alpha value is -0.0800. The molecule has 102 valence electrons. The SMILES string of the molecule is CCCCC(CCCC)C1OC1OC(C)(C)C. The maximum Gasteiger partial charge on any atom is 0.185 e. The molecule has 0 aromatic rings. The lowest BCUT2D eigenvalue weighted by Crippen LogP contribution is -2.23. The summed E-state index contributed by atoms with van der Waals surface area (Å²) < 4.78 is 11.6. The molecule has 0 aromatic carbocycles. The van der Waals surface area contributed by atoms with Gasteiger partial charge in [-0.05, 0) is 39.5 Å². The number of hydrogen-bond donors (Lipinski definition) is 0. The number of rotatable bonds is 8. The van der Waals surface area contributed by atoms with Gasteiger partial charge in [-0.1, -0.05) is 39.5 Å². The van der Waals surface area contributed by atoms with E-state index in [2.05, 4.69) is 34.6 Å². The minimum absolute atomic E-state index is 0.0636. The standard InChI is InChI=1S/C15H30O2/c1-6-8-10-12(11-9-7-2)13-14(16-13)17-15(3,4)5/h12-14H,6-11H2,1-5H3. The Kier molecular flexibility index (Phi) is 5.94. The number of epoxide rings is 1. The molecule has 0 saturated carbocycles. The van der Waals surface area contributed by atoms with Gasteiger partial charge in [0, 0.05) is 0 Å². The second-order valence-corrected chi connectivity index (χ2v) is 6.24. The zero-order valence-electron chi connectivity index (χ0n) is 12.3. The fraction of sp³-hybridized carbons (Fsp3) is 1.00. The van der Waals surface area contributed by atoms with E-state index in [9.17, 15) is 0 Å². The maximum atomic E-state index is 5.88. The zero-order chi connectivity index (χ0) is 12.9. The van der Waals surface area contributed by atoms with Gasteiger partial charge in [0.1, 0.15) is 6.10 Å². The van der Waals surface area contributed by atoms with Crippen LogP contribution in [-0.2, 0) is 9.47 Å². The van der Waals surface area contributed by atoms with E-state index in [0.29, 0.717) is 12.0 Å². The Morgan fingerprint density at radius 2 is 1.59 bits per heavy atom. The zero-order valence-corrected chi connectivity index (χ0v) is 12.3. The molecule has 1 aliphatic rings. The van der Waals surface area contributed by atoms with E-state index in [-0.39, 0.29) is 11.9 Å². The summed E-state index contributed by atoms with van der Waals surface area (Å²) in [5, 5.41) is 0. The van der Waals surface area contributed by atoms with E-state index in [0.717, 1.165) is 0 Å². The second kappa shape index (κ2) is 6.75. The van der Waals surface area contributed by atoms with Crippen LogP contribution in [0.25, 0.3) is 0 Å². The summed E-state index contributed by atoms with van der Waals surface area (Å²) in [5.41, 5.74) is -0.0838. The molecule has 1 saturated heterocycles. The lowest BCUT2D eigenvalue weighted by Gasteiger charge is -2.19. The van der Waals surface area contributed by atoms with Gasteiger partial charge in [0.05, 0.1) is 5.60 Å². The first-order valence-corrected chi connectivity index (χ1v) is 7.31. The first kappa shape index (κ1) is 15.0. The average molecular weight is 242 g/mol. The Balaban J connectivity index is 2.33. The predicted molar refractivity (Wildman–Crippen MR) is 72.0 cm³/mol. The first-order chi connectivity index (χ1) is 7.98. The van der Waals surface area contributed by atoms with E-state index in [1.165, 1.54) is 38.5 Å². The van der Waals surface area contributed by atoms with Crippen LogP contribution < -0.4 is 0 Å². The van der Waals surface area contributed by atoms with Gasteiger partial charge in [-0.25, -0.2) is 0 Å². The molecule has 0 amide bonds. The Bertz CT molecular complexity index is 199. The molecular formula is C15H30O2. The highest BCUT2D eigenvalue weighted by molar-refractivity contribution is 4.86. The first-order valence-electron chi connectivity index (χ1n) is 7.31. The average Bonchev–Trinajstić information content (AvgIpc) is 2.95. The van der Waals surface area contributed by atoms with Crippen LogP contribution >= 0.6 is 0 Å². The van der Waals surface area contributed by atoms with Gasteiger partial charge in [-0.3, -0.25) is 0 Å². The fourth-order valence-corrected chi connectivity index (χ4v) is 2.29. The monoisotopic (exact) mass is 242 g/mol. The smallest absolute Gasteiger partial charge is 0.185 e. The van der Waals surface area contributed by atoms with Crippen LogP contribution in [0.4, 0.5) is 0 Å². The molecule has 2 heteroatoms. The van der Waals surface area contributed by atoms with Crippen molar-refractivity contribution >= 4 is 0 Å². The quantitative estimate of drug-likeness (QED) is 0.584. The van der Waals surface area contributed by atoms with E-state index in [1.54, 1.807) is 0 Å². The third kappa shape index (κ3) is 5.87. The van der Waals surface area contributed by atoms with E-state index < -0.39 is 0 Å². The summed E-state index contributed by atoms with van der Waals surface area (Å²) in [5.74, 6) is 0.710. The van der Waals surface area contributed by atoms with Gasteiger partial charge < -0.3 is 9.47 Å². The van der Waals surface area contributed by atoms with Crippen molar-refractivity contribution in [2.75, 3.05) is 0 Å². The van der Waals surface area contributed by atoms with Crippen LogP contribution in [0.2, 0.25) is 0 Å². The van der Waals surface area contributed by atoms with Crippen LogP contribution in [0.5, 0.6) is 0 Å². The summed E-state index contributed by atoms with van der Waals surface area (Å²) in [7, 11) is 0. The molecule has 0 N–H and O–H groups in total. The molecule has 0 aliphatic carbocycles. The Labute approximate surface area is 107 Å². The second-order valence-electron chi connectivity index (χ2n) is 6.24. The van der Waals surface area contributed by atoms with Crippen molar-refractivity contribution in [2.24, 2.45) is 5.92 Å². The topological polar surface area (TPSA) is 21.8 Å². The summed E-state index contributed by atoms with van der Waals surface area (Å²) in [6.45, 7) is 10.8. The molecular weight excluding hydrogens is 212 g/mol. The van der Waals surface area contributed by atoms with E-state index >= 15 is 0 Å². The molecule has 0 aromatic heterocycles. The minimum Gasteiger partial charge on any atom is -0.344 e. The lowest BCUT2D eigenvalue weighted by molar-refractivity contribution is -0.0572. The Morgan fingerprint density at radius 3 is 2.00 bits per heavy atom. The largest absolute Gasteiger partial charge is 0.344 e. The molecule has 0 spiro atoms. The fourth-order valence-electron chi connectivity index (χ4n) is 2.29. The highest BCUT2D eigenvalue weighted by Crippen LogP contribution is 2.38. The van der Waals surface area contributed by atoms with Crippen molar-refractivity contribution in [3.05, 3.63) is 0 Å². The lowest BCUT2D eigenvalue weighted by atomic mass is 9.93. The summed E-state index contributed by atoms with van der Waals surface area (Å²) in [4.78, 5) is 0. The summed E-state index contributed by atoms with van der Waals surface area (Å²) in [6.07, 6.45) is 8.21. The number of unbranched alkanes of at least 4 members (excludes halogenated alkanes) is 2. The molecule has 2 nitrogen and oxygen atoms in total. The number of ether oxygens (including phenoxy) is 2. The molecule has 1 heterocycles. The van der Waals surface area contributed by atoms with Crippen molar-refractivity contribution < 1.29 is 9.47 Å². The highest BCUT2D eigenvalue weighted by Gasteiger charge is 2.46.